The molecule has 0 spiro atoms. The summed E-state index contributed by atoms with van der Waals surface area (Å²) in [6.45, 7) is 8.21. The molecule has 0 heterocycles. The Kier molecular flexibility index (Phi) is 9.92. The number of aryl methyl sites for hydroxylation is 1. The average Bonchev–Trinajstić information content (AvgIpc) is 2.76. The lowest BCUT2D eigenvalue weighted by molar-refractivity contribution is -0.138. The highest BCUT2D eigenvalue weighted by Gasteiger charge is 2.26. The molecule has 5 nitrogen and oxygen atoms in total. The Labute approximate surface area is 190 Å². The summed E-state index contributed by atoms with van der Waals surface area (Å²) in [5, 5.41) is 3.00. The van der Waals surface area contributed by atoms with E-state index in [0.717, 1.165) is 23.5 Å². The summed E-state index contributed by atoms with van der Waals surface area (Å²) in [5.41, 5.74) is 3.33. The van der Waals surface area contributed by atoms with E-state index < -0.39 is 6.04 Å². The molecule has 0 bridgehead atoms. The van der Waals surface area contributed by atoms with Crippen LogP contribution in [0.1, 0.15) is 43.9 Å². The van der Waals surface area contributed by atoms with Crippen LogP contribution < -0.4 is 10.1 Å². The van der Waals surface area contributed by atoms with Crippen molar-refractivity contribution in [3.05, 3.63) is 65.2 Å². The highest BCUT2D eigenvalue weighted by molar-refractivity contribution is 7.99. The summed E-state index contributed by atoms with van der Waals surface area (Å²) in [7, 11) is 1.62. The van der Waals surface area contributed by atoms with Crippen LogP contribution in [0.3, 0.4) is 0 Å². The average molecular weight is 443 g/mol. The fraction of sp³-hybridized carbons (Fsp3) is 0.440. The molecule has 0 aromatic heterocycles. The van der Waals surface area contributed by atoms with Gasteiger partial charge in [-0.05, 0) is 50.5 Å². The Bertz CT molecular complexity index is 871. The van der Waals surface area contributed by atoms with E-state index in [1.807, 2.05) is 44.2 Å². The Hall–Kier alpha value is -2.47. The van der Waals surface area contributed by atoms with Crippen molar-refractivity contribution < 1.29 is 14.3 Å². The minimum absolute atomic E-state index is 0.0488. The summed E-state index contributed by atoms with van der Waals surface area (Å²) in [4.78, 5) is 27.6. The zero-order valence-electron chi connectivity index (χ0n) is 19.2. The number of carbonyl (C=O) groups excluding carboxylic acids is 2. The highest BCUT2D eigenvalue weighted by atomic mass is 32.2. The third kappa shape index (κ3) is 7.94. The Morgan fingerprint density at radius 3 is 2.48 bits per heavy atom. The molecule has 2 aromatic carbocycles. The number of amides is 2. The lowest BCUT2D eigenvalue weighted by Crippen LogP contribution is -2.50. The first kappa shape index (κ1) is 24.8. The molecule has 1 N–H and O–H groups in total. The van der Waals surface area contributed by atoms with Crippen LogP contribution in [0.2, 0.25) is 0 Å². The predicted octanol–water partition coefficient (Wildman–Crippen LogP) is 4.57. The second-order valence-corrected chi connectivity index (χ2v) is 8.83. The number of hydrogen-bond donors (Lipinski definition) is 1. The SMILES string of the molecule is CCC(C)NC(=O)C(C)N(Cc1cccc(OC)c1)C(=O)CSCc1cccc(C)c1. The van der Waals surface area contributed by atoms with Gasteiger partial charge in [0.2, 0.25) is 11.8 Å². The van der Waals surface area contributed by atoms with E-state index in [1.54, 1.807) is 30.7 Å². The molecule has 0 aliphatic heterocycles. The summed E-state index contributed by atoms with van der Waals surface area (Å²) in [6, 6.07) is 15.4. The highest BCUT2D eigenvalue weighted by Crippen LogP contribution is 2.19. The topological polar surface area (TPSA) is 58.6 Å². The van der Waals surface area contributed by atoms with Crippen molar-refractivity contribution in [1.29, 1.82) is 0 Å². The predicted molar refractivity (Wildman–Crippen MR) is 128 cm³/mol. The number of benzene rings is 2. The van der Waals surface area contributed by atoms with Crippen LogP contribution in [-0.2, 0) is 21.9 Å². The number of hydrogen-bond acceptors (Lipinski definition) is 4. The normalized spacial score (nSPS) is 12.7. The number of nitrogens with zero attached hydrogens (tertiary/aromatic N) is 1. The van der Waals surface area contributed by atoms with Crippen molar-refractivity contribution >= 4 is 23.6 Å². The number of nitrogens with one attached hydrogen (secondary N) is 1. The molecule has 2 rings (SSSR count). The van der Waals surface area contributed by atoms with Crippen LogP contribution in [0.25, 0.3) is 0 Å². The van der Waals surface area contributed by atoms with Gasteiger partial charge in [-0.15, -0.1) is 11.8 Å². The van der Waals surface area contributed by atoms with Crippen molar-refractivity contribution in [2.75, 3.05) is 12.9 Å². The lowest BCUT2D eigenvalue weighted by atomic mass is 10.1. The van der Waals surface area contributed by atoms with Crippen molar-refractivity contribution in [3.8, 4) is 5.75 Å². The number of thioether (sulfide) groups is 1. The largest absolute Gasteiger partial charge is 0.497 e. The first-order valence-electron chi connectivity index (χ1n) is 10.7. The first-order valence-corrected chi connectivity index (χ1v) is 11.9. The van der Waals surface area contributed by atoms with E-state index in [9.17, 15) is 9.59 Å². The molecule has 2 aromatic rings. The van der Waals surface area contributed by atoms with Crippen molar-refractivity contribution in [2.24, 2.45) is 0 Å². The van der Waals surface area contributed by atoms with Gasteiger partial charge >= 0.3 is 0 Å². The molecule has 0 saturated carbocycles. The Balaban J connectivity index is 2.10. The van der Waals surface area contributed by atoms with Crippen molar-refractivity contribution in [2.45, 2.75) is 58.5 Å². The summed E-state index contributed by atoms with van der Waals surface area (Å²) >= 11 is 1.57. The van der Waals surface area contributed by atoms with E-state index in [0.29, 0.717) is 12.3 Å². The molecule has 2 atom stereocenters. The van der Waals surface area contributed by atoms with Gasteiger partial charge in [-0.25, -0.2) is 0 Å². The van der Waals surface area contributed by atoms with E-state index in [-0.39, 0.29) is 17.9 Å². The van der Waals surface area contributed by atoms with Gasteiger partial charge in [0.25, 0.3) is 0 Å². The van der Waals surface area contributed by atoms with Gasteiger partial charge in [-0.2, -0.15) is 0 Å². The van der Waals surface area contributed by atoms with Gasteiger partial charge in [0.1, 0.15) is 11.8 Å². The van der Waals surface area contributed by atoms with Crippen LogP contribution in [0, 0.1) is 6.92 Å². The summed E-state index contributed by atoms with van der Waals surface area (Å²) in [6.07, 6.45) is 0.842. The van der Waals surface area contributed by atoms with Crippen LogP contribution in [0.4, 0.5) is 0 Å². The quantitative estimate of drug-likeness (QED) is 0.554. The molecule has 0 aliphatic carbocycles. The van der Waals surface area contributed by atoms with Gasteiger partial charge in [0.05, 0.1) is 12.9 Å². The third-order valence-corrected chi connectivity index (χ3v) is 6.22. The molecule has 2 amide bonds. The molecule has 6 heteroatoms. The summed E-state index contributed by atoms with van der Waals surface area (Å²) in [5.74, 6) is 1.63. The number of carbonyl (C=O) groups is 2. The molecule has 2 unspecified atom stereocenters. The standard InChI is InChI=1S/C25H34N2O3S/c1-6-19(3)26-25(29)20(4)27(15-21-10-8-12-23(14-21)30-5)24(28)17-31-16-22-11-7-9-18(2)13-22/h7-14,19-20H,6,15-17H2,1-5H3,(H,26,29). The monoisotopic (exact) mass is 442 g/mol. The molecule has 0 aliphatic rings. The zero-order chi connectivity index (χ0) is 22.8. The van der Waals surface area contributed by atoms with Gasteiger partial charge in [0.15, 0.2) is 0 Å². The van der Waals surface area contributed by atoms with Gasteiger partial charge in [-0.1, -0.05) is 48.9 Å². The fourth-order valence-electron chi connectivity index (χ4n) is 3.16. The third-order valence-electron chi connectivity index (χ3n) is 5.23. The maximum Gasteiger partial charge on any atom is 0.242 e. The Morgan fingerprint density at radius 1 is 1.10 bits per heavy atom. The molecule has 168 valence electrons. The molecule has 0 fully saturated rings. The second kappa shape index (κ2) is 12.4. The lowest BCUT2D eigenvalue weighted by Gasteiger charge is -2.29. The molecular weight excluding hydrogens is 408 g/mol. The van der Waals surface area contributed by atoms with Crippen LogP contribution in [-0.4, -0.2) is 41.7 Å². The van der Waals surface area contributed by atoms with Gasteiger partial charge < -0.3 is 15.0 Å². The van der Waals surface area contributed by atoms with Crippen LogP contribution in [0.5, 0.6) is 5.75 Å². The van der Waals surface area contributed by atoms with Crippen molar-refractivity contribution in [3.63, 3.8) is 0 Å². The van der Waals surface area contributed by atoms with E-state index in [4.69, 9.17) is 4.74 Å². The number of rotatable bonds is 11. The zero-order valence-corrected chi connectivity index (χ0v) is 20.0. The Morgan fingerprint density at radius 2 is 1.81 bits per heavy atom. The van der Waals surface area contributed by atoms with Crippen LogP contribution in [0.15, 0.2) is 48.5 Å². The maximum atomic E-state index is 13.2. The minimum atomic E-state index is -0.563. The molecular formula is C25H34N2O3S. The van der Waals surface area contributed by atoms with Crippen molar-refractivity contribution in [1.82, 2.24) is 10.2 Å². The number of methoxy groups -OCH3 is 1. The summed E-state index contributed by atoms with van der Waals surface area (Å²) < 4.78 is 5.31. The first-order chi connectivity index (χ1) is 14.8. The molecule has 0 radical (unpaired) electrons. The maximum absolute atomic E-state index is 13.2. The minimum Gasteiger partial charge on any atom is -0.497 e. The van der Waals surface area contributed by atoms with E-state index in [2.05, 4.69) is 30.4 Å². The molecule has 31 heavy (non-hydrogen) atoms. The van der Waals surface area contributed by atoms with Gasteiger partial charge in [-0.3, -0.25) is 9.59 Å². The smallest absolute Gasteiger partial charge is 0.242 e. The second-order valence-electron chi connectivity index (χ2n) is 7.85. The number of ether oxygens (including phenoxy) is 1. The van der Waals surface area contributed by atoms with Crippen LogP contribution >= 0.6 is 11.8 Å². The van der Waals surface area contributed by atoms with E-state index in [1.165, 1.54) is 11.1 Å². The van der Waals surface area contributed by atoms with Gasteiger partial charge in [0, 0.05) is 18.3 Å². The fourth-order valence-corrected chi connectivity index (χ4v) is 4.01. The van der Waals surface area contributed by atoms with E-state index >= 15 is 0 Å². The molecule has 0 saturated heterocycles.